The molecule has 0 unspecified atom stereocenters. The van der Waals surface area contributed by atoms with Crippen LogP contribution in [-0.4, -0.2) is 16.5 Å². The van der Waals surface area contributed by atoms with Crippen molar-refractivity contribution in [2.24, 2.45) is 5.41 Å². The van der Waals surface area contributed by atoms with Crippen LogP contribution < -0.4 is 11.1 Å². The zero-order chi connectivity index (χ0) is 13.6. The Labute approximate surface area is 110 Å². The maximum atomic E-state index is 5.63. The van der Waals surface area contributed by atoms with Crippen LogP contribution in [0.15, 0.2) is 6.07 Å². The van der Waals surface area contributed by atoms with Crippen LogP contribution in [-0.2, 0) is 0 Å². The summed E-state index contributed by atoms with van der Waals surface area (Å²) < 4.78 is 0. The van der Waals surface area contributed by atoms with Gasteiger partial charge in [-0.1, -0.05) is 40.0 Å². The molecule has 0 aromatic carbocycles. The second-order valence-corrected chi connectivity index (χ2v) is 5.73. The van der Waals surface area contributed by atoms with Gasteiger partial charge in [-0.05, 0) is 18.8 Å². The van der Waals surface area contributed by atoms with Crippen molar-refractivity contribution in [1.29, 1.82) is 0 Å². The van der Waals surface area contributed by atoms with E-state index in [2.05, 4.69) is 36.1 Å². The number of aryl methyl sites for hydroxylation is 1. The number of rotatable bonds is 7. The third kappa shape index (κ3) is 5.34. The molecular weight excluding hydrogens is 224 g/mol. The lowest BCUT2D eigenvalue weighted by Crippen LogP contribution is -2.23. The van der Waals surface area contributed by atoms with E-state index in [-0.39, 0.29) is 5.41 Å². The molecule has 102 valence electrons. The van der Waals surface area contributed by atoms with Crippen LogP contribution in [0, 0.1) is 12.3 Å². The van der Waals surface area contributed by atoms with E-state index >= 15 is 0 Å². The molecule has 1 rings (SSSR count). The van der Waals surface area contributed by atoms with Crippen molar-refractivity contribution >= 4 is 11.8 Å². The Morgan fingerprint density at radius 2 is 2.00 bits per heavy atom. The average molecular weight is 250 g/mol. The number of nitrogens with zero attached hydrogens (tertiary/aromatic N) is 2. The van der Waals surface area contributed by atoms with Gasteiger partial charge in [-0.15, -0.1) is 0 Å². The van der Waals surface area contributed by atoms with Gasteiger partial charge in [0.1, 0.15) is 5.82 Å². The van der Waals surface area contributed by atoms with Crippen molar-refractivity contribution in [3.8, 4) is 0 Å². The molecule has 1 aromatic rings. The van der Waals surface area contributed by atoms with Gasteiger partial charge in [-0.25, -0.2) is 4.98 Å². The summed E-state index contributed by atoms with van der Waals surface area (Å²) in [7, 11) is 0. The lowest BCUT2D eigenvalue weighted by atomic mass is 9.87. The second-order valence-electron chi connectivity index (χ2n) is 5.73. The van der Waals surface area contributed by atoms with Gasteiger partial charge in [0.2, 0.25) is 5.95 Å². The Hall–Kier alpha value is -1.32. The first-order chi connectivity index (χ1) is 8.43. The van der Waals surface area contributed by atoms with Crippen LogP contribution in [0.25, 0.3) is 0 Å². The first-order valence-corrected chi connectivity index (χ1v) is 6.78. The maximum absolute atomic E-state index is 5.63. The number of unbranched alkanes of at least 4 members (excludes halogenated alkanes) is 2. The Morgan fingerprint density at radius 3 is 2.61 bits per heavy atom. The van der Waals surface area contributed by atoms with E-state index in [0.29, 0.717) is 5.95 Å². The number of nitrogen functional groups attached to an aromatic ring is 1. The Balaban J connectivity index is 2.47. The van der Waals surface area contributed by atoms with Crippen molar-refractivity contribution in [2.45, 2.75) is 53.4 Å². The Kier molecular flexibility index (Phi) is 5.38. The highest BCUT2D eigenvalue weighted by molar-refractivity contribution is 5.40. The van der Waals surface area contributed by atoms with Crippen molar-refractivity contribution in [3.05, 3.63) is 11.8 Å². The number of hydrogen-bond donors (Lipinski definition) is 2. The van der Waals surface area contributed by atoms with Crippen LogP contribution >= 0.6 is 0 Å². The van der Waals surface area contributed by atoms with Gasteiger partial charge in [0.25, 0.3) is 0 Å². The molecule has 0 aliphatic heterocycles. The Bertz CT molecular complexity index is 354. The van der Waals surface area contributed by atoms with Gasteiger partial charge in [-0.3, -0.25) is 0 Å². The predicted molar refractivity (Wildman–Crippen MR) is 77.6 cm³/mol. The highest BCUT2D eigenvalue weighted by atomic mass is 15.1. The van der Waals surface area contributed by atoms with E-state index in [9.17, 15) is 0 Å². The lowest BCUT2D eigenvalue weighted by molar-refractivity contribution is 0.342. The summed E-state index contributed by atoms with van der Waals surface area (Å²) in [5.41, 5.74) is 6.81. The van der Waals surface area contributed by atoms with Crippen LogP contribution in [0.5, 0.6) is 0 Å². The number of nitrogens with one attached hydrogen (secondary N) is 1. The zero-order valence-electron chi connectivity index (χ0n) is 12.1. The van der Waals surface area contributed by atoms with E-state index in [4.69, 9.17) is 5.73 Å². The van der Waals surface area contributed by atoms with Crippen LogP contribution in [0.2, 0.25) is 0 Å². The Morgan fingerprint density at radius 1 is 1.28 bits per heavy atom. The molecule has 0 fully saturated rings. The standard InChI is InChI=1S/C14H26N4/c1-5-6-7-8-14(3,4)10-16-12-9-11(2)17-13(15)18-12/h9H,5-8,10H2,1-4H3,(H3,15,16,17,18). The number of nitrogens with two attached hydrogens (primary N) is 1. The monoisotopic (exact) mass is 250 g/mol. The summed E-state index contributed by atoms with van der Waals surface area (Å²) in [5.74, 6) is 1.16. The number of hydrogen-bond acceptors (Lipinski definition) is 4. The largest absolute Gasteiger partial charge is 0.369 e. The molecule has 1 heterocycles. The molecule has 18 heavy (non-hydrogen) atoms. The topological polar surface area (TPSA) is 63.8 Å². The van der Waals surface area contributed by atoms with Gasteiger partial charge < -0.3 is 11.1 Å². The molecular formula is C14H26N4. The fourth-order valence-corrected chi connectivity index (χ4v) is 1.95. The molecule has 0 saturated heterocycles. The van der Waals surface area contributed by atoms with Crippen molar-refractivity contribution in [3.63, 3.8) is 0 Å². The van der Waals surface area contributed by atoms with Crippen LogP contribution in [0.3, 0.4) is 0 Å². The summed E-state index contributed by atoms with van der Waals surface area (Å²) in [5, 5.41) is 3.36. The first kappa shape index (κ1) is 14.7. The SMILES string of the molecule is CCCCCC(C)(C)CNc1cc(C)nc(N)n1. The summed E-state index contributed by atoms with van der Waals surface area (Å²) in [6.07, 6.45) is 5.09. The molecule has 1 aromatic heterocycles. The van der Waals surface area contributed by atoms with E-state index in [1.165, 1.54) is 25.7 Å². The lowest BCUT2D eigenvalue weighted by Gasteiger charge is -2.25. The molecule has 0 saturated carbocycles. The van der Waals surface area contributed by atoms with Crippen molar-refractivity contribution in [2.75, 3.05) is 17.6 Å². The molecule has 4 heteroatoms. The normalized spacial score (nSPS) is 11.6. The molecule has 0 amide bonds. The van der Waals surface area contributed by atoms with Crippen LogP contribution in [0.1, 0.15) is 52.1 Å². The molecule has 4 nitrogen and oxygen atoms in total. The maximum Gasteiger partial charge on any atom is 0.222 e. The minimum atomic E-state index is 0.281. The summed E-state index contributed by atoms with van der Waals surface area (Å²) in [6.45, 7) is 9.64. The van der Waals surface area contributed by atoms with Gasteiger partial charge in [-0.2, -0.15) is 4.98 Å². The van der Waals surface area contributed by atoms with E-state index in [0.717, 1.165) is 18.1 Å². The third-order valence-electron chi connectivity index (χ3n) is 3.08. The molecule has 0 radical (unpaired) electrons. The highest BCUT2D eigenvalue weighted by Crippen LogP contribution is 2.24. The minimum Gasteiger partial charge on any atom is -0.369 e. The minimum absolute atomic E-state index is 0.281. The van der Waals surface area contributed by atoms with E-state index in [1.54, 1.807) is 0 Å². The number of aromatic nitrogens is 2. The molecule has 0 atom stereocenters. The van der Waals surface area contributed by atoms with Crippen LogP contribution in [0.4, 0.5) is 11.8 Å². The molecule has 0 spiro atoms. The fourth-order valence-electron chi connectivity index (χ4n) is 1.95. The van der Waals surface area contributed by atoms with Gasteiger partial charge >= 0.3 is 0 Å². The smallest absolute Gasteiger partial charge is 0.222 e. The summed E-state index contributed by atoms with van der Waals surface area (Å²) in [6, 6.07) is 1.93. The second kappa shape index (κ2) is 6.57. The first-order valence-electron chi connectivity index (χ1n) is 6.78. The predicted octanol–water partition coefficient (Wildman–Crippen LogP) is 3.39. The van der Waals surface area contributed by atoms with Crippen molar-refractivity contribution in [1.82, 2.24) is 9.97 Å². The highest BCUT2D eigenvalue weighted by Gasteiger charge is 2.17. The summed E-state index contributed by atoms with van der Waals surface area (Å²) >= 11 is 0. The molecule has 0 aliphatic rings. The average Bonchev–Trinajstić information content (AvgIpc) is 2.25. The molecule has 0 bridgehead atoms. The fraction of sp³-hybridized carbons (Fsp3) is 0.714. The number of anilines is 2. The zero-order valence-corrected chi connectivity index (χ0v) is 12.1. The quantitative estimate of drug-likeness (QED) is 0.728. The molecule has 0 aliphatic carbocycles. The molecule has 3 N–H and O–H groups in total. The third-order valence-corrected chi connectivity index (χ3v) is 3.08. The van der Waals surface area contributed by atoms with Gasteiger partial charge in [0, 0.05) is 18.3 Å². The van der Waals surface area contributed by atoms with Gasteiger partial charge in [0.05, 0.1) is 0 Å². The van der Waals surface area contributed by atoms with Gasteiger partial charge in [0.15, 0.2) is 0 Å². The summed E-state index contributed by atoms with van der Waals surface area (Å²) in [4.78, 5) is 8.26. The van der Waals surface area contributed by atoms with E-state index < -0.39 is 0 Å². The van der Waals surface area contributed by atoms with E-state index in [1.807, 2.05) is 13.0 Å². The van der Waals surface area contributed by atoms with Crippen molar-refractivity contribution < 1.29 is 0 Å².